The summed E-state index contributed by atoms with van der Waals surface area (Å²) in [5.74, 6) is 0.496. The van der Waals surface area contributed by atoms with Crippen molar-refractivity contribution in [1.29, 1.82) is 0 Å². The van der Waals surface area contributed by atoms with Crippen LogP contribution in [0.1, 0.15) is 25.7 Å². The Balaban J connectivity index is 2.86. The molecule has 17 heavy (non-hydrogen) atoms. The number of rotatable bonds is 2. The van der Waals surface area contributed by atoms with Gasteiger partial charge < -0.3 is 4.42 Å². The molecule has 0 radical (unpaired) electrons. The highest BCUT2D eigenvalue weighted by atomic mass is 35.7. The first-order valence-corrected chi connectivity index (χ1v) is 7.53. The molecule has 7 heteroatoms. The minimum absolute atomic E-state index is 0.0268. The number of fused-ring (bicyclic) bond motifs is 1. The summed E-state index contributed by atoms with van der Waals surface area (Å²) in [6, 6.07) is 3.03. The molecule has 92 valence electrons. The second kappa shape index (κ2) is 4.15. The van der Waals surface area contributed by atoms with Gasteiger partial charge in [-0.2, -0.15) is 0 Å². The predicted molar refractivity (Wildman–Crippen MR) is 66.1 cm³/mol. The van der Waals surface area contributed by atoms with E-state index in [1.165, 1.54) is 6.07 Å². The summed E-state index contributed by atoms with van der Waals surface area (Å²) in [4.78, 5) is 3.95. The normalized spacial score (nSPS) is 12.5. The zero-order chi connectivity index (χ0) is 12.8. The van der Waals surface area contributed by atoms with Gasteiger partial charge in [0.15, 0.2) is 11.5 Å². The third-order valence-corrected chi connectivity index (χ3v) is 4.00. The number of oxazole rings is 1. The van der Waals surface area contributed by atoms with E-state index in [0.717, 1.165) is 0 Å². The minimum Gasteiger partial charge on any atom is -0.439 e. The zero-order valence-corrected chi connectivity index (χ0v) is 11.4. The van der Waals surface area contributed by atoms with Gasteiger partial charge in [-0.1, -0.05) is 25.4 Å². The van der Waals surface area contributed by atoms with Gasteiger partial charge in [0.1, 0.15) is 10.4 Å². The van der Waals surface area contributed by atoms with Crippen molar-refractivity contribution >= 4 is 42.4 Å². The maximum Gasteiger partial charge on any atom is 0.266 e. The van der Waals surface area contributed by atoms with Crippen LogP contribution in [-0.2, 0) is 9.05 Å². The molecule has 2 aromatic rings. The van der Waals surface area contributed by atoms with Crippen LogP contribution in [0.3, 0.4) is 0 Å². The lowest BCUT2D eigenvalue weighted by atomic mass is 10.2. The topological polar surface area (TPSA) is 60.2 Å². The Bertz CT molecular complexity index is 676. The second-order valence-electron chi connectivity index (χ2n) is 3.87. The van der Waals surface area contributed by atoms with Gasteiger partial charge in [0.2, 0.25) is 0 Å². The Kier molecular flexibility index (Phi) is 3.10. The van der Waals surface area contributed by atoms with Crippen LogP contribution in [0.15, 0.2) is 21.4 Å². The first-order chi connectivity index (χ1) is 7.80. The van der Waals surface area contributed by atoms with Gasteiger partial charge in [-0.05, 0) is 12.1 Å². The Morgan fingerprint density at radius 2 is 2.00 bits per heavy atom. The van der Waals surface area contributed by atoms with Crippen LogP contribution in [0.5, 0.6) is 0 Å². The van der Waals surface area contributed by atoms with Crippen LogP contribution < -0.4 is 0 Å². The molecule has 1 aromatic carbocycles. The van der Waals surface area contributed by atoms with Gasteiger partial charge in [-0.15, -0.1) is 0 Å². The molecule has 0 N–H and O–H groups in total. The van der Waals surface area contributed by atoms with Gasteiger partial charge in [0, 0.05) is 16.6 Å². The highest BCUT2D eigenvalue weighted by Gasteiger charge is 2.23. The number of aromatic nitrogens is 1. The van der Waals surface area contributed by atoms with E-state index in [-0.39, 0.29) is 21.4 Å². The molecule has 0 fully saturated rings. The molecule has 0 bridgehead atoms. The van der Waals surface area contributed by atoms with E-state index < -0.39 is 9.05 Å². The summed E-state index contributed by atoms with van der Waals surface area (Å²) in [7, 11) is 1.37. The Morgan fingerprint density at radius 3 is 2.53 bits per heavy atom. The minimum atomic E-state index is -3.97. The van der Waals surface area contributed by atoms with Crippen molar-refractivity contribution in [2.24, 2.45) is 0 Å². The number of benzene rings is 1. The molecule has 4 nitrogen and oxygen atoms in total. The van der Waals surface area contributed by atoms with E-state index in [1.54, 1.807) is 6.07 Å². The molecule has 0 amide bonds. The van der Waals surface area contributed by atoms with Gasteiger partial charge in [-0.25, -0.2) is 13.4 Å². The Labute approximate surface area is 108 Å². The summed E-state index contributed by atoms with van der Waals surface area (Å²) in [6.45, 7) is 3.78. The fourth-order valence-corrected chi connectivity index (χ4v) is 3.14. The summed E-state index contributed by atoms with van der Waals surface area (Å²) >= 11 is 5.83. The molecule has 0 saturated heterocycles. The summed E-state index contributed by atoms with van der Waals surface area (Å²) in [5.41, 5.74) is 0.536. The van der Waals surface area contributed by atoms with E-state index in [2.05, 4.69) is 4.98 Å². The predicted octanol–water partition coefficient (Wildman–Crippen LogP) is 3.53. The summed E-state index contributed by atoms with van der Waals surface area (Å²) < 4.78 is 28.3. The molecule has 0 aliphatic heterocycles. The maximum atomic E-state index is 11.4. The lowest BCUT2D eigenvalue weighted by molar-refractivity contribution is 0.496. The number of halogens is 2. The van der Waals surface area contributed by atoms with Crippen molar-refractivity contribution in [3.63, 3.8) is 0 Å². The fourth-order valence-electron chi connectivity index (χ4n) is 1.44. The van der Waals surface area contributed by atoms with Crippen LogP contribution in [0.25, 0.3) is 11.1 Å². The molecule has 0 saturated carbocycles. The third kappa shape index (κ3) is 2.27. The first-order valence-electron chi connectivity index (χ1n) is 4.84. The molecule has 0 spiro atoms. The van der Waals surface area contributed by atoms with Crippen molar-refractivity contribution in [3.05, 3.63) is 23.0 Å². The van der Waals surface area contributed by atoms with Crippen LogP contribution in [0, 0.1) is 0 Å². The standard InChI is InChI=1S/C10H9Cl2NO3S/c1-5(2)10-13-7-4-3-6(11)9(8(7)16-10)17(12,14)15/h3-5H,1-2H3. The molecule has 0 atom stereocenters. The average molecular weight is 294 g/mol. The van der Waals surface area contributed by atoms with Crippen molar-refractivity contribution < 1.29 is 12.8 Å². The van der Waals surface area contributed by atoms with Gasteiger partial charge in [0.25, 0.3) is 9.05 Å². The number of hydrogen-bond acceptors (Lipinski definition) is 4. The average Bonchev–Trinajstić information content (AvgIpc) is 2.58. The van der Waals surface area contributed by atoms with E-state index >= 15 is 0 Å². The monoisotopic (exact) mass is 293 g/mol. The molecule has 1 aromatic heterocycles. The molecule has 0 aliphatic rings. The van der Waals surface area contributed by atoms with E-state index in [4.69, 9.17) is 26.7 Å². The third-order valence-electron chi connectivity index (χ3n) is 2.22. The lowest BCUT2D eigenvalue weighted by Crippen LogP contribution is -1.92. The van der Waals surface area contributed by atoms with Gasteiger partial charge in [-0.3, -0.25) is 0 Å². The molecule has 1 heterocycles. The molecular weight excluding hydrogens is 285 g/mol. The summed E-state index contributed by atoms with van der Waals surface area (Å²) in [6.07, 6.45) is 0. The maximum absolute atomic E-state index is 11.4. The van der Waals surface area contributed by atoms with Crippen molar-refractivity contribution in [2.75, 3.05) is 0 Å². The van der Waals surface area contributed by atoms with Crippen molar-refractivity contribution in [3.8, 4) is 0 Å². The van der Waals surface area contributed by atoms with Crippen molar-refractivity contribution in [2.45, 2.75) is 24.7 Å². The smallest absolute Gasteiger partial charge is 0.266 e. The Morgan fingerprint density at radius 1 is 1.35 bits per heavy atom. The SMILES string of the molecule is CC(C)c1nc2ccc(Cl)c(S(=O)(=O)Cl)c2o1. The molecule has 0 unspecified atom stereocenters. The van der Waals surface area contributed by atoms with Crippen LogP contribution in [-0.4, -0.2) is 13.4 Å². The largest absolute Gasteiger partial charge is 0.439 e. The second-order valence-corrected chi connectivity index (χ2v) is 6.78. The van der Waals surface area contributed by atoms with E-state index in [0.29, 0.717) is 11.4 Å². The van der Waals surface area contributed by atoms with Crippen molar-refractivity contribution in [1.82, 2.24) is 4.98 Å². The number of nitrogens with zero attached hydrogens (tertiary/aromatic N) is 1. The van der Waals surface area contributed by atoms with Crippen LogP contribution in [0.4, 0.5) is 0 Å². The zero-order valence-electron chi connectivity index (χ0n) is 9.07. The van der Waals surface area contributed by atoms with Gasteiger partial charge >= 0.3 is 0 Å². The molecular formula is C10H9Cl2NO3S. The van der Waals surface area contributed by atoms with E-state index in [9.17, 15) is 8.42 Å². The van der Waals surface area contributed by atoms with E-state index in [1.807, 2.05) is 13.8 Å². The van der Waals surface area contributed by atoms with Crippen LogP contribution in [0.2, 0.25) is 5.02 Å². The van der Waals surface area contributed by atoms with Gasteiger partial charge in [0.05, 0.1) is 5.02 Å². The summed E-state index contributed by atoms with van der Waals surface area (Å²) in [5, 5.41) is 0.0268. The lowest BCUT2D eigenvalue weighted by Gasteiger charge is -1.99. The highest BCUT2D eigenvalue weighted by Crippen LogP contribution is 2.34. The molecule has 0 aliphatic carbocycles. The highest BCUT2D eigenvalue weighted by molar-refractivity contribution is 8.14. The molecule has 2 rings (SSSR count). The number of hydrogen-bond donors (Lipinski definition) is 0. The Hall–Kier alpha value is -0.780. The first kappa shape index (κ1) is 12.7. The fraction of sp³-hybridized carbons (Fsp3) is 0.300. The quantitative estimate of drug-likeness (QED) is 0.795. The van der Waals surface area contributed by atoms with Crippen LogP contribution >= 0.6 is 22.3 Å².